The Morgan fingerprint density at radius 1 is 1.12 bits per heavy atom. The number of benzene rings is 2. The molecule has 0 radical (unpaired) electrons. The normalized spacial score (nSPS) is 12.0. The van der Waals surface area contributed by atoms with Crippen molar-refractivity contribution in [2.24, 2.45) is 5.14 Å². The van der Waals surface area contributed by atoms with E-state index in [9.17, 15) is 13.2 Å². The van der Waals surface area contributed by atoms with Gasteiger partial charge in [0.15, 0.2) is 0 Å². The van der Waals surface area contributed by atoms with Gasteiger partial charge in [0.2, 0.25) is 10.0 Å². The maximum absolute atomic E-state index is 12.4. The van der Waals surface area contributed by atoms with Gasteiger partial charge < -0.3 is 4.98 Å². The summed E-state index contributed by atoms with van der Waals surface area (Å²) < 4.78 is 22.3. The highest BCUT2D eigenvalue weighted by atomic mass is 32.2. The third kappa shape index (κ3) is 3.94. The Morgan fingerprint density at radius 2 is 1.80 bits per heavy atom. The maximum atomic E-state index is 12.4. The molecule has 0 aliphatic heterocycles. The van der Waals surface area contributed by atoms with Crippen molar-refractivity contribution in [3.05, 3.63) is 63.9 Å². The number of primary sulfonamides is 1. The highest BCUT2D eigenvalue weighted by Crippen LogP contribution is 2.21. The molecule has 0 amide bonds. The molecule has 6 nitrogen and oxygen atoms in total. The molecule has 0 fully saturated rings. The number of nitrogens with one attached hydrogen (secondary N) is 1. The lowest BCUT2D eigenvalue weighted by atomic mass is 10.0. The number of nitrogens with zero attached hydrogens (tertiary/aromatic N) is 1. The van der Waals surface area contributed by atoms with Gasteiger partial charge in [0, 0.05) is 5.56 Å². The fraction of sp³-hybridized carbons (Fsp3) is 0.222. The van der Waals surface area contributed by atoms with E-state index >= 15 is 0 Å². The number of sulfonamides is 1. The highest BCUT2D eigenvalue weighted by Gasteiger charge is 2.09. The maximum Gasteiger partial charge on any atom is 0.259 e. The minimum Gasteiger partial charge on any atom is -0.306 e. The quantitative estimate of drug-likeness (QED) is 0.748. The molecule has 3 N–H and O–H groups in total. The summed E-state index contributed by atoms with van der Waals surface area (Å²) in [7, 11) is -3.57. The molecule has 1 heterocycles. The van der Waals surface area contributed by atoms with Crippen LogP contribution in [0.2, 0.25) is 0 Å². The van der Waals surface area contributed by atoms with Crippen molar-refractivity contribution in [3.63, 3.8) is 0 Å². The summed E-state index contributed by atoms with van der Waals surface area (Å²) in [5.41, 5.74) is 2.79. The SMILES string of the molecule is CC(C)c1ccc2nc(-c3ccc(CS(N)(=O)=O)cc3)[nH]c(=O)c2c1. The van der Waals surface area contributed by atoms with Crippen LogP contribution in [0, 0.1) is 0 Å². The first-order valence-corrected chi connectivity index (χ1v) is 9.58. The van der Waals surface area contributed by atoms with Crippen LogP contribution >= 0.6 is 0 Å². The molecule has 0 saturated heterocycles. The molecule has 3 aromatic rings. The average molecular weight is 357 g/mol. The first kappa shape index (κ1) is 17.3. The Morgan fingerprint density at radius 3 is 2.40 bits per heavy atom. The lowest BCUT2D eigenvalue weighted by Gasteiger charge is -2.08. The van der Waals surface area contributed by atoms with Gasteiger partial charge in [-0.1, -0.05) is 44.2 Å². The summed E-state index contributed by atoms with van der Waals surface area (Å²) in [6.45, 7) is 4.14. The van der Waals surface area contributed by atoms with Crippen LogP contribution in [-0.4, -0.2) is 18.4 Å². The zero-order valence-electron chi connectivity index (χ0n) is 14.0. The molecule has 2 aromatic carbocycles. The second kappa shape index (κ2) is 6.42. The number of nitrogens with two attached hydrogens (primary N) is 1. The van der Waals surface area contributed by atoms with E-state index < -0.39 is 10.0 Å². The number of aromatic amines is 1. The van der Waals surface area contributed by atoms with Gasteiger partial charge in [-0.15, -0.1) is 0 Å². The third-order valence-corrected chi connectivity index (χ3v) is 4.73. The van der Waals surface area contributed by atoms with Crippen LogP contribution in [-0.2, 0) is 15.8 Å². The fourth-order valence-corrected chi connectivity index (χ4v) is 3.30. The molecule has 0 atom stereocenters. The number of rotatable bonds is 4. The minimum atomic E-state index is -3.57. The van der Waals surface area contributed by atoms with E-state index in [1.54, 1.807) is 24.3 Å². The Labute approximate surface area is 145 Å². The van der Waals surface area contributed by atoms with Gasteiger partial charge in [-0.2, -0.15) is 0 Å². The predicted molar refractivity (Wildman–Crippen MR) is 98.7 cm³/mol. The molecule has 0 unspecified atom stereocenters. The zero-order chi connectivity index (χ0) is 18.2. The summed E-state index contributed by atoms with van der Waals surface area (Å²) in [6.07, 6.45) is 0. The van der Waals surface area contributed by atoms with E-state index in [4.69, 9.17) is 5.14 Å². The highest BCUT2D eigenvalue weighted by molar-refractivity contribution is 7.88. The molecule has 1 aromatic heterocycles. The number of hydrogen-bond acceptors (Lipinski definition) is 4. The van der Waals surface area contributed by atoms with Gasteiger partial charge in [-0.25, -0.2) is 18.5 Å². The Bertz CT molecular complexity index is 1080. The Balaban J connectivity index is 2.02. The van der Waals surface area contributed by atoms with Crippen molar-refractivity contribution < 1.29 is 8.42 Å². The van der Waals surface area contributed by atoms with Crippen molar-refractivity contribution in [2.45, 2.75) is 25.5 Å². The van der Waals surface area contributed by atoms with Crippen LogP contribution in [0.15, 0.2) is 47.3 Å². The van der Waals surface area contributed by atoms with Crippen molar-refractivity contribution in [2.75, 3.05) is 0 Å². The second-order valence-electron chi connectivity index (χ2n) is 6.35. The van der Waals surface area contributed by atoms with Gasteiger partial charge >= 0.3 is 0 Å². The predicted octanol–water partition coefficient (Wildman–Crippen LogP) is 2.50. The lowest BCUT2D eigenvalue weighted by molar-refractivity contribution is 0.597. The van der Waals surface area contributed by atoms with Gasteiger partial charge in [0.1, 0.15) is 5.82 Å². The van der Waals surface area contributed by atoms with Crippen LogP contribution in [0.4, 0.5) is 0 Å². The van der Waals surface area contributed by atoms with Gasteiger partial charge in [0.25, 0.3) is 5.56 Å². The standard InChI is InChI=1S/C18H19N3O3S/c1-11(2)14-7-8-16-15(9-14)18(22)21-17(20-16)13-5-3-12(4-6-13)10-25(19,23)24/h3-9,11H,10H2,1-2H3,(H2,19,23,24)(H,20,21,22). The molecular weight excluding hydrogens is 338 g/mol. The number of H-pyrrole nitrogens is 1. The molecule has 0 saturated carbocycles. The minimum absolute atomic E-state index is 0.198. The van der Waals surface area contributed by atoms with E-state index in [0.717, 1.165) is 5.56 Å². The van der Waals surface area contributed by atoms with E-state index in [1.807, 2.05) is 18.2 Å². The first-order valence-electron chi connectivity index (χ1n) is 7.87. The molecule has 0 spiro atoms. The van der Waals surface area contributed by atoms with E-state index in [-0.39, 0.29) is 11.3 Å². The molecule has 130 valence electrons. The average Bonchev–Trinajstić information content (AvgIpc) is 2.53. The van der Waals surface area contributed by atoms with Crippen LogP contribution < -0.4 is 10.7 Å². The Kier molecular flexibility index (Phi) is 4.45. The number of hydrogen-bond donors (Lipinski definition) is 2. The molecule has 0 bridgehead atoms. The van der Waals surface area contributed by atoms with Crippen LogP contribution in [0.25, 0.3) is 22.3 Å². The molecule has 3 rings (SSSR count). The molecule has 0 aliphatic carbocycles. The van der Waals surface area contributed by atoms with Crippen LogP contribution in [0.5, 0.6) is 0 Å². The van der Waals surface area contributed by atoms with Crippen molar-refractivity contribution >= 4 is 20.9 Å². The topological polar surface area (TPSA) is 106 Å². The monoisotopic (exact) mass is 357 g/mol. The largest absolute Gasteiger partial charge is 0.306 e. The molecular formula is C18H19N3O3S. The molecule has 0 aliphatic rings. The van der Waals surface area contributed by atoms with E-state index in [0.29, 0.717) is 33.8 Å². The van der Waals surface area contributed by atoms with Gasteiger partial charge in [0.05, 0.1) is 16.7 Å². The second-order valence-corrected chi connectivity index (χ2v) is 7.96. The fourth-order valence-electron chi connectivity index (χ4n) is 2.64. The van der Waals surface area contributed by atoms with Crippen molar-refractivity contribution in [1.29, 1.82) is 0 Å². The summed E-state index contributed by atoms with van der Waals surface area (Å²) in [6, 6.07) is 12.4. The number of fused-ring (bicyclic) bond motifs is 1. The van der Waals surface area contributed by atoms with Gasteiger partial charge in [-0.05, 0) is 29.2 Å². The first-order chi connectivity index (χ1) is 11.7. The van der Waals surface area contributed by atoms with Crippen LogP contribution in [0.1, 0.15) is 30.9 Å². The zero-order valence-corrected chi connectivity index (χ0v) is 14.8. The van der Waals surface area contributed by atoms with Crippen molar-refractivity contribution in [3.8, 4) is 11.4 Å². The Hall–Kier alpha value is -2.51. The summed E-state index contributed by atoms with van der Waals surface area (Å²) in [4.78, 5) is 19.7. The lowest BCUT2D eigenvalue weighted by Crippen LogP contribution is -2.14. The smallest absolute Gasteiger partial charge is 0.259 e. The van der Waals surface area contributed by atoms with Crippen molar-refractivity contribution in [1.82, 2.24) is 9.97 Å². The summed E-state index contributed by atoms with van der Waals surface area (Å²) in [5.74, 6) is 0.541. The molecule has 7 heteroatoms. The third-order valence-electron chi connectivity index (χ3n) is 3.99. The van der Waals surface area contributed by atoms with E-state index in [2.05, 4.69) is 23.8 Å². The number of aromatic nitrogens is 2. The summed E-state index contributed by atoms with van der Waals surface area (Å²) >= 11 is 0. The van der Waals surface area contributed by atoms with E-state index in [1.165, 1.54) is 0 Å². The van der Waals surface area contributed by atoms with Gasteiger partial charge in [-0.3, -0.25) is 4.79 Å². The summed E-state index contributed by atoms with van der Waals surface area (Å²) in [5, 5.41) is 5.60. The molecule has 25 heavy (non-hydrogen) atoms. The van der Waals surface area contributed by atoms with Crippen LogP contribution in [0.3, 0.4) is 0 Å².